The Morgan fingerprint density at radius 2 is 1.88 bits per heavy atom. The lowest BCUT2D eigenvalue weighted by Crippen LogP contribution is -2.35. The van der Waals surface area contributed by atoms with Gasteiger partial charge < -0.3 is 10.2 Å². The number of nitrogens with one attached hydrogen (secondary N) is 1. The number of halogens is 2. The Labute approximate surface area is 206 Å². The maximum absolute atomic E-state index is 13.2. The molecule has 1 aliphatic carbocycles. The van der Waals surface area contributed by atoms with Gasteiger partial charge in [-0.15, -0.1) is 0 Å². The number of aryl methyl sites for hydroxylation is 1. The van der Waals surface area contributed by atoms with E-state index in [1.54, 1.807) is 25.1 Å². The summed E-state index contributed by atoms with van der Waals surface area (Å²) in [5, 5.41) is 8.76. The largest absolute Gasteiger partial charge is 0.324 e. The Hall–Kier alpha value is -3.00. The SMILES string of the molecule is Cc1nn(-c2c(Cl)cccc2Cl)c(=O)c2cnc(Nc3ccc4c(c3)CN(C)CC43CC3)nc12. The van der Waals surface area contributed by atoms with Crippen LogP contribution in [0.1, 0.15) is 29.7 Å². The Balaban J connectivity index is 1.37. The molecular formula is C25H22Cl2N6O. The second kappa shape index (κ2) is 7.77. The standard InChI is InChI=1S/C25H22Cl2N6O/c1-14-21-17(23(34)33(31-14)22-19(26)4-3-5-20(22)27)11-28-24(30-21)29-16-6-7-18-15(10-16)12-32(2)13-25(18)8-9-25/h3-7,10-11H,8-9,12-13H2,1-2H3,(H,28,29,30). The van der Waals surface area contributed by atoms with E-state index in [4.69, 9.17) is 23.2 Å². The third kappa shape index (κ3) is 3.47. The lowest BCUT2D eigenvalue weighted by molar-refractivity contribution is 0.271. The third-order valence-corrected chi connectivity index (χ3v) is 7.36. The maximum Gasteiger partial charge on any atom is 0.282 e. The number of para-hydroxylation sites is 1. The number of hydrogen-bond donors (Lipinski definition) is 1. The molecule has 1 aliphatic heterocycles. The summed E-state index contributed by atoms with van der Waals surface area (Å²) < 4.78 is 1.21. The minimum absolute atomic E-state index is 0.339. The van der Waals surface area contributed by atoms with Crippen LogP contribution in [0.3, 0.4) is 0 Å². The van der Waals surface area contributed by atoms with Crippen LogP contribution in [0.4, 0.5) is 11.6 Å². The van der Waals surface area contributed by atoms with E-state index in [0.717, 1.165) is 18.8 Å². The number of anilines is 2. The van der Waals surface area contributed by atoms with Gasteiger partial charge in [0.2, 0.25) is 5.95 Å². The fourth-order valence-corrected chi connectivity index (χ4v) is 5.61. The summed E-state index contributed by atoms with van der Waals surface area (Å²) >= 11 is 12.6. The number of nitrogens with zero attached hydrogens (tertiary/aromatic N) is 5. The van der Waals surface area contributed by atoms with Crippen molar-refractivity contribution in [2.45, 2.75) is 31.7 Å². The van der Waals surface area contributed by atoms with Gasteiger partial charge in [-0.3, -0.25) is 4.79 Å². The molecule has 2 aliphatic rings. The monoisotopic (exact) mass is 492 g/mol. The van der Waals surface area contributed by atoms with E-state index in [9.17, 15) is 4.79 Å². The molecular weight excluding hydrogens is 471 g/mol. The first-order chi connectivity index (χ1) is 16.3. The molecule has 0 atom stereocenters. The predicted octanol–water partition coefficient (Wildman–Crippen LogP) is 5.01. The molecule has 1 spiro atoms. The van der Waals surface area contributed by atoms with E-state index in [1.807, 2.05) is 0 Å². The van der Waals surface area contributed by atoms with Crippen molar-refractivity contribution < 1.29 is 0 Å². The van der Waals surface area contributed by atoms with E-state index in [1.165, 1.54) is 34.8 Å². The smallest absolute Gasteiger partial charge is 0.282 e. The van der Waals surface area contributed by atoms with Gasteiger partial charge in [-0.2, -0.15) is 9.78 Å². The zero-order chi connectivity index (χ0) is 23.6. The topological polar surface area (TPSA) is 75.9 Å². The van der Waals surface area contributed by atoms with Crippen LogP contribution in [0.25, 0.3) is 16.6 Å². The minimum Gasteiger partial charge on any atom is -0.324 e. The molecule has 0 radical (unpaired) electrons. The normalized spacial score (nSPS) is 16.6. The molecule has 2 aromatic carbocycles. The first-order valence-corrected chi connectivity index (χ1v) is 11.9. The van der Waals surface area contributed by atoms with Crippen molar-refractivity contribution >= 4 is 45.7 Å². The van der Waals surface area contributed by atoms with Gasteiger partial charge in [0, 0.05) is 30.4 Å². The summed E-state index contributed by atoms with van der Waals surface area (Å²) in [6.07, 6.45) is 4.04. The Kier molecular flexibility index (Phi) is 4.92. The molecule has 9 heteroatoms. The highest BCUT2D eigenvalue weighted by Crippen LogP contribution is 2.52. The Morgan fingerprint density at radius 3 is 2.62 bits per heavy atom. The maximum atomic E-state index is 13.2. The van der Waals surface area contributed by atoms with Crippen molar-refractivity contribution in [1.29, 1.82) is 0 Å². The van der Waals surface area contributed by atoms with E-state index >= 15 is 0 Å². The van der Waals surface area contributed by atoms with E-state index in [0.29, 0.717) is 43.7 Å². The molecule has 34 heavy (non-hydrogen) atoms. The molecule has 7 nitrogen and oxygen atoms in total. The third-order valence-electron chi connectivity index (χ3n) is 6.75. The van der Waals surface area contributed by atoms with Crippen molar-refractivity contribution in [2.24, 2.45) is 0 Å². The molecule has 1 fully saturated rings. The number of hydrogen-bond acceptors (Lipinski definition) is 6. The molecule has 172 valence electrons. The van der Waals surface area contributed by atoms with Crippen LogP contribution in [-0.4, -0.2) is 38.2 Å². The van der Waals surface area contributed by atoms with Crippen molar-refractivity contribution in [1.82, 2.24) is 24.6 Å². The molecule has 0 amide bonds. The summed E-state index contributed by atoms with van der Waals surface area (Å²) in [7, 11) is 2.17. The van der Waals surface area contributed by atoms with Gasteiger partial charge in [0.1, 0.15) is 11.2 Å². The number of likely N-dealkylation sites (N-methyl/N-ethyl adjacent to an activating group) is 1. The van der Waals surface area contributed by atoms with E-state index in [2.05, 4.69) is 50.5 Å². The first-order valence-electron chi connectivity index (χ1n) is 11.1. The van der Waals surface area contributed by atoms with E-state index in [-0.39, 0.29) is 5.56 Å². The van der Waals surface area contributed by atoms with Crippen LogP contribution in [0.2, 0.25) is 10.0 Å². The lowest BCUT2D eigenvalue weighted by Gasteiger charge is -2.32. The molecule has 6 rings (SSSR count). The average molecular weight is 493 g/mol. The zero-order valence-electron chi connectivity index (χ0n) is 18.8. The summed E-state index contributed by atoms with van der Waals surface area (Å²) in [5.41, 5.74) is 5.09. The number of aromatic nitrogens is 4. The Morgan fingerprint density at radius 1 is 1.12 bits per heavy atom. The second-order valence-electron chi connectivity index (χ2n) is 9.28. The van der Waals surface area contributed by atoms with E-state index < -0.39 is 0 Å². The molecule has 1 saturated carbocycles. The summed E-state index contributed by atoms with van der Waals surface area (Å²) in [5.74, 6) is 0.413. The van der Waals surface area contributed by atoms with Gasteiger partial charge in [0.15, 0.2) is 0 Å². The summed E-state index contributed by atoms with van der Waals surface area (Å²) in [4.78, 5) is 24.6. The molecule has 0 unspecified atom stereocenters. The second-order valence-corrected chi connectivity index (χ2v) is 10.1. The quantitative estimate of drug-likeness (QED) is 0.433. The van der Waals surface area contributed by atoms with Crippen LogP contribution in [0, 0.1) is 6.92 Å². The van der Waals surface area contributed by atoms with Crippen LogP contribution >= 0.6 is 23.2 Å². The van der Waals surface area contributed by atoms with Crippen molar-refractivity contribution in [2.75, 3.05) is 18.9 Å². The van der Waals surface area contributed by atoms with Gasteiger partial charge in [-0.05, 0) is 62.2 Å². The highest BCUT2D eigenvalue weighted by atomic mass is 35.5. The van der Waals surface area contributed by atoms with Gasteiger partial charge in [-0.25, -0.2) is 9.97 Å². The molecule has 1 N–H and O–H groups in total. The van der Waals surface area contributed by atoms with Crippen LogP contribution in [-0.2, 0) is 12.0 Å². The zero-order valence-corrected chi connectivity index (χ0v) is 20.3. The van der Waals surface area contributed by atoms with Gasteiger partial charge in [0.25, 0.3) is 5.56 Å². The molecule has 4 aromatic rings. The van der Waals surface area contributed by atoms with Gasteiger partial charge in [0.05, 0.1) is 21.1 Å². The van der Waals surface area contributed by atoms with Crippen LogP contribution in [0.5, 0.6) is 0 Å². The lowest BCUT2D eigenvalue weighted by atomic mass is 9.87. The number of rotatable bonds is 3. The van der Waals surface area contributed by atoms with Crippen molar-refractivity contribution in [3.05, 3.63) is 79.8 Å². The predicted molar refractivity (Wildman–Crippen MR) is 135 cm³/mol. The van der Waals surface area contributed by atoms with Crippen LogP contribution in [0.15, 0.2) is 47.4 Å². The van der Waals surface area contributed by atoms with Gasteiger partial charge in [-0.1, -0.05) is 35.3 Å². The Bertz CT molecular complexity index is 1510. The average Bonchev–Trinajstić information content (AvgIpc) is 3.56. The molecule has 0 saturated heterocycles. The first kappa shape index (κ1) is 21.5. The minimum atomic E-state index is -0.381. The summed E-state index contributed by atoms with van der Waals surface area (Å²) in [6, 6.07) is 11.6. The molecule has 2 aromatic heterocycles. The highest BCUT2D eigenvalue weighted by molar-refractivity contribution is 6.37. The molecule has 0 bridgehead atoms. The fourth-order valence-electron chi connectivity index (χ4n) is 5.05. The number of fused-ring (bicyclic) bond motifs is 3. The van der Waals surface area contributed by atoms with Crippen molar-refractivity contribution in [3.8, 4) is 5.69 Å². The summed E-state index contributed by atoms with van der Waals surface area (Å²) in [6.45, 7) is 3.85. The van der Waals surface area contributed by atoms with Crippen LogP contribution < -0.4 is 10.9 Å². The van der Waals surface area contributed by atoms with Crippen molar-refractivity contribution in [3.63, 3.8) is 0 Å². The molecule has 3 heterocycles. The fraction of sp³-hybridized carbons (Fsp3) is 0.280. The highest BCUT2D eigenvalue weighted by Gasteiger charge is 2.48. The van der Waals surface area contributed by atoms with Gasteiger partial charge >= 0.3 is 0 Å². The number of benzene rings is 2.